The van der Waals surface area contributed by atoms with Crippen LogP contribution in [0.3, 0.4) is 0 Å². The summed E-state index contributed by atoms with van der Waals surface area (Å²) in [5, 5.41) is 12.5. The standard InChI is InChI=1S/C43H81NO10Si3/c1-30(26-50-27-31-21-23-32(48-13)24-22-31)38-43(11,53-38)39(54-57(19,20)42(8,9)10)34(29-52-56(17,18)41(5,6)7)37(47)33(28-51-55(15,16)40(2,3)4)35(45)25-36(46)44(12)49-14/h21-24,30,33-35,38-39,45H,25-29H2,1-20H3/t30-,33-,34-,35+,38+,39-,43+/m0/s1. The van der Waals surface area contributed by atoms with Gasteiger partial charge in [-0.1, -0.05) is 81.4 Å². The lowest BCUT2D eigenvalue weighted by atomic mass is 9.79. The van der Waals surface area contributed by atoms with E-state index in [1.165, 1.54) is 14.2 Å². The van der Waals surface area contributed by atoms with Crippen molar-refractivity contribution in [2.24, 2.45) is 17.8 Å². The highest BCUT2D eigenvalue weighted by molar-refractivity contribution is 6.75. The molecule has 1 saturated heterocycles. The number of amides is 1. The van der Waals surface area contributed by atoms with Gasteiger partial charge in [-0.15, -0.1) is 0 Å². The number of carbonyl (C=O) groups excluding carboxylic acids is 2. The van der Waals surface area contributed by atoms with Crippen LogP contribution < -0.4 is 4.74 Å². The molecule has 1 aliphatic heterocycles. The van der Waals surface area contributed by atoms with Crippen LogP contribution in [0.2, 0.25) is 54.4 Å². The van der Waals surface area contributed by atoms with Crippen LogP contribution in [0.15, 0.2) is 24.3 Å². The van der Waals surface area contributed by atoms with Gasteiger partial charge in [-0.3, -0.25) is 14.4 Å². The Labute approximate surface area is 349 Å². The molecule has 0 radical (unpaired) electrons. The smallest absolute Gasteiger partial charge is 0.248 e. The predicted molar refractivity (Wildman–Crippen MR) is 236 cm³/mol. The fourth-order valence-electron chi connectivity index (χ4n) is 5.97. The summed E-state index contributed by atoms with van der Waals surface area (Å²) in [4.78, 5) is 33.8. The minimum Gasteiger partial charge on any atom is -0.497 e. The number of methoxy groups -OCH3 is 1. The van der Waals surface area contributed by atoms with Crippen LogP contribution in [-0.4, -0.2) is 112 Å². The van der Waals surface area contributed by atoms with Gasteiger partial charge in [-0.2, -0.15) is 0 Å². The average Bonchev–Trinajstić information content (AvgIpc) is 3.78. The number of Topliss-reactive ketones (excluding diaryl/α,β-unsaturated/α-hetero) is 1. The van der Waals surface area contributed by atoms with Crippen LogP contribution in [0.25, 0.3) is 0 Å². The van der Waals surface area contributed by atoms with E-state index in [-0.39, 0.29) is 52.6 Å². The Morgan fingerprint density at radius 2 is 1.28 bits per heavy atom. The van der Waals surface area contributed by atoms with Crippen LogP contribution in [0.4, 0.5) is 0 Å². The van der Waals surface area contributed by atoms with Gasteiger partial charge < -0.3 is 32.6 Å². The zero-order valence-corrected chi connectivity index (χ0v) is 42.4. The van der Waals surface area contributed by atoms with Crippen LogP contribution in [-0.2, 0) is 43.8 Å². The van der Waals surface area contributed by atoms with Crippen molar-refractivity contribution in [3.63, 3.8) is 0 Å². The zero-order valence-electron chi connectivity index (χ0n) is 39.4. The summed E-state index contributed by atoms with van der Waals surface area (Å²) in [5.74, 6) is -1.82. The Morgan fingerprint density at radius 1 is 0.807 bits per heavy atom. The highest BCUT2D eigenvalue weighted by Gasteiger charge is 2.65. The lowest BCUT2D eigenvalue weighted by Crippen LogP contribution is -2.56. The van der Waals surface area contributed by atoms with E-state index in [2.05, 4.69) is 109 Å². The maximum atomic E-state index is 15.5. The summed E-state index contributed by atoms with van der Waals surface area (Å²) in [7, 11) is -2.83. The van der Waals surface area contributed by atoms with Gasteiger partial charge in [0.05, 0.1) is 64.0 Å². The quantitative estimate of drug-likeness (QED) is 0.0687. The summed E-state index contributed by atoms with van der Waals surface area (Å²) in [6.07, 6.45) is -2.64. The van der Waals surface area contributed by atoms with Crippen molar-refractivity contribution in [1.29, 1.82) is 0 Å². The Balaban J connectivity index is 2.69. The molecule has 0 aromatic heterocycles. The van der Waals surface area contributed by atoms with Gasteiger partial charge in [0, 0.05) is 26.2 Å². The molecule has 14 heteroatoms. The third-order valence-electron chi connectivity index (χ3n) is 13.4. The molecule has 1 N–H and O–H groups in total. The molecule has 1 aromatic rings. The second kappa shape index (κ2) is 19.5. The SMILES string of the molecule is COc1ccc(COC[C@H](C)[C@H]2O[C@@]2(C)[C@@H](O[Si](C)(C)C(C)(C)C)[C@@H](CO[Si](C)(C)C(C)(C)C)C(=O)[C@@H](CO[Si](C)(C)C(C)(C)C)[C@H](O)CC(=O)N(C)OC)cc1. The summed E-state index contributed by atoms with van der Waals surface area (Å²) < 4.78 is 39.2. The molecule has 0 bridgehead atoms. The fraction of sp³-hybridized carbons (Fsp3) is 0.814. The normalized spacial score (nSPS) is 21.0. The molecule has 0 saturated carbocycles. The maximum Gasteiger partial charge on any atom is 0.248 e. The van der Waals surface area contributed by atoms with Gasteiger partial charge >= 0.3 is 0 Å². The summed E-state index contributed by atoms with van der Waals surface area (Å²) in [6.45, 7) is 37.5. The molecule has 1 heterocycles. The molecular formula is C43H81NO10Si3. The van der Waals surface area contributed by atoms with Gasteiger partial charge in [0.1, 0.15) is 17.1 Å². The number of ether oxygens (including phenoxy) is 3. The lowest BCUT2D eigenvalue weighted by molar-refractivity contribution is -0.171. The minimum absolute atomic E-state index is 0.0265. The summed E-state index contributed by atoms with van der Waals surface area (Å²) in [6, 6.07) is 7.82. The number of epoxide rings is 1. The highest BCUT2D eigenvalue weighted by Crippen LogP contribution is 2.51. The Bertz CT molecular complexity index is 1450. The number of aliphatic hydroxyl groups excluding tert-OH is 1. The van der Waals surface area contributed by atoms with Crippen molar-refractivity contribution in [2.75, 3.05) is 41.1 Å². The first kappa shape index (κ1) is 51.7. The van der Waals surface area contributed by atoms with Crippen LogP contribution in [0.1, 0.15) is 88.1 Å². The molecule has 2 rings (SSSR count). The number of nitrogens with zero attached hydrogens (tertiary/aromatic N) is 1. The largest absolute Gasteiger partial charge is 0.497 e. The molecule has 0 unspecified atom stereocenters. The van der Waals surface area contributed by atoms with E-state index in [9.17, 15) is 9.90 Å². The van der Waals surface area contributed by atoms with E-state index in [1.807, 2.05) is 31.2 Å². The molecule has 11 nitrogen and oxygen atoms in total. The van der Waals surface area contributed by atoms with Crippen molar-refractivity contribution >= 4 is 36.6 Å². The lowest BCUT2D eigenvalue weighted by Gasteiger charge is -2.45. The van der Waals surface area contributed by atoms with E-state index >= 15 is 4.79 Å². The van der Waals surface area contributed by atoms with E-state index in [0.717, 1.165) is 16.4 Å². The molecule has 0 aliphatic carbocycles. The first-order valence-corrected chi connectivity index (χ1v) is 29.4. The Morgan fingerprint density at radius 3 is 1.72 bits per heavy atom. The van der Waals surface area contributed by atoms with E-state index in [1.54, 1.807) is 7.11 Å². The van der Waals surface area contributed by atoms with Gasteiger partial charge in [0.15, 0.2) is 25.0 Å². The fourth-order valence-corrected chi connectivity index (χ4v) is 9.42. The Kier molecular flexibility index (Phi) is 17.7. The molecule has 330 valence electrons. The molecule has 7 atom stereocenters. The first-order chi connectivity index (χ1) is 25.8. The van der Waals surface area contributed by atoms with Gasteiger partial charge in [0.2, 0.25) is 5.91 Å². The molecule has 57 heavy (non-hydrogen) atoms. The minimum atomic E-state index is -2.56. The van der Waals surface area contributed by atoms with Crippen LogP contribution in [0.5, 0.6) is 5.75 Å². The van der Waals surface area contributed by atoms with Crippen LogP contribution in [0, 0.1) is 17.8 Å². The molecule has 1 aliphatic rings. The van der Waals surface area contributed by atoms with Crippen molar-refractivity contribution in [1.82, 2.24) is 5.06 Å². The second-order valence-electron chi connectivity index (χ2n) is 21.0. The van der Waals surface area contributed by atoms with Gasteiger partial charge in [0.25, 0.3) is 0 Å². The van der Waals surface area contributed by atoms with Gasteiger partial charge in [-0.05, 0) is 79.0 Å². The molecular weight excluding hydrogens is 775 g/mol. The third-order valence-corrected chi connectivity index (χ3v) is 26.9. The molecule has 1 amide bonds. The monoisotopic (exact) mass is 856 g/mol. The zero-order chi connectivity index (χ0) is 44.2. The number of benzene rings is 1. The average molecular weight is 856 g/mol. The second-order valence-corrected chi connectivity index (χ2v) is 35.3. The third kappa shape index (κ3) is 13.5. The van der Waals surface area contributed by atoms with Crippen molar-refractivity contribution in [3.8, 4) is 5.75 Å². The number of rotatable bonds is 22. The predicted octanol–water partition coefficient (Wildman–Crippen LogP) is 9.01. The summed E-state index contributed by atoms with van der Waals surface area (Å²) >= 11 is 0. The topological polar surface area (TPSA) is 126 Å². The van der Waals surface area contributed by atoms with E-state index < -0.39 is 60.5 Å². The number of hydrogen-bond donors (Lipinski definition) is 1. The first-order valence-electron chi connectivity index (χ1n) is 20.6. The van der Waals surface area contributed by atoms with Crippen molar-refractivity contribution in [3.05, 3.63) is 29.8 Å². The highest BCUT2D eigenvalue weighted by atomic mass is 28.4. The van der Waals surface area contributed by atoms with Crippen molar-refractivity contribution in [2.45, 2.75) is 167 Å². The number of aliphatic hydroxyl groups is 1. The number of hydrogen-bond acceptors (Lipinski definition) is 10. The molecule has 1 aromatic carbocycles. The Hall–Kier alpha value is -1.47. The number of carbonyl (C=O) groups is 2. The summed E-state index contributed by atoms with van der Waals surface area (Å²) in [5.41, 5.74) is 0.173. The number of hydroxylamine groups is 2. The van der Waals surface area contributed by atoms with Crippen molar-refractivity contribution < 1.29 is 47.0 Å². The molecule has 1 fully saturated rings. The van der Waals surface area contributed by atoms with Crippen LogP contribution >= 0.6 is 0 Å². The van der Waals surface area contributed by atoms with Gasteiger partial charge in [-0.25, -0.2) is 5.06 Å². The maximum absolute atomic E-state index is 15.5. The number of ketones is 1. The molecule has 0 spiro atoms. The van der Waals surface area contributed by atoms with E-state index in [0.29, 0.717) is 13.2 Å². The van der Waals surface area contributed by atoms with E-state index in [4.69, 9.17) is 32.3 Å².